The minimum Gasteiger partial charge on any atom is -0.464 e. The van der Waals surface area contributed by atoms with E-state index >= 15 is 0 Å². The highest BCUT2D eigenvalue weighted by Gasteiger charge is 2.20. The molecule has 0 N–H and O–H groups in total. The van der Waals surface area contributed by atoms with Gasteiger partial charge in [0.25, 0.3) is 0 Å². The fourth-order valence-corrected chi connectivity index (χ4v) is 2.78. The molecule has 2 aromatic carbocycles. The molecule has 6 heteroatoms. The predicted octanol–water partition coefficient (Wildman–Crippen LogP) is 4.24. The SMILES string of the molecule is CCC/C(=N\OCc1c(C)cccc1/C(=N\OC)C(=O)OC)c1ccccc1. The van der Waals surface area contributed by atoms with Gasteiger partial charge in [0.15, 0.2) is 5.71 Å². The van der Waals surface area contributed by atoms with E-state index in [9.17, 15) is 4.79 Å². The van der Waals surface area contributed by atoms with Crippen LogP contribution in [0.3, 0.4) is 0 Å². The molecule has 0 atom stereocenters. The third-order valence-corrected chi connectivity index (χ3v) is 4.20. The third-order valence-electron chi connectivity index (χ3n) is 4.20. The maximum atomic E-state index is 12.1. The molecule has 0 unspecified atom stereocenters. The summed E-state index contributed by atoms with van der Waals surface area (Å²) in [6.07, 6.45) is 1.77. The number of esters is 1. The molecule has 0 aliphatic carbocycles. The Bertz CT molecular complexity index is 845. The summed E-state index contributed by atoms with van der Waals surface area (Å²) in [6, 6.07) is 15.5. The number of nitrogens with zero attached hydrogens (tertiary/aromatic N) is 2. The van der Waals surface area contributed by atoms with E-state index in [0.717, 1.165) is 35.2 Å². The second-order valence-corrected chi connectivity index (χ2v) is 6.14. The molecule has 0 heterocycles. The second kappa shape index (κ2) is 10.9. The van der Waals surface area contributed by atoms with Crippen molar-refractivity contribution in [2.24, 2.45) is 10.3 Å². The van der Waals surface area contributed by atoms with Gasteiger partial charge < -0.3 is 14.4 Å². The standard InChI is InChI=1S/C22H26N2O4/c1-5-10-20(17-12-7-6-8-13-17)23-28-15-19-16(2)11-9-14-18(19)21(24-27-4)22(25)26-3/h6-9,11-14H,5,10,15H2,1-4H3/b23-20+,24-21+. The van der Waals surface area contributed by atoms with Gasteiger partial charge in [-0.3, -0.25) is 0 Å². The molecule has 0 spiro atoms. The van der Waals surface area contributed by atoms with Crippen molar-refractivity contribution in [2.75, 3.05) is 14.2 Å². The van der Waals surface area contributed by atoms with Crippen molar-refractivity contribution in [1.29, 1.82) is 0 Å². The number of carbonyl (C=O) groups is 1. The minimum atomic E-state index is -0.576. The lowest BCUT2D eigenvalue weighted by molar-refractivity contribution is -0.132. The smallest absolute Gasteiger partial charge is 0.360 e. The number of rotatable bonds is 9. The second-order valence-electron chi connectivity index (χ2n) is 6.14. The molecular formula is C22H26N2O4. The van der Waals surface area contributed by atoms with Crippen LogP contribution in [0, 0.1) is 6.92 Å². The largest absolute Gasteiger partial charge is 0.464 e. The molecule has 2 rings (SSSR count). The van der Waals surface area contributed by atoms with E-state index in [1.165, 1.54) is 14.2 Å². The van der Waals surface area contributed by atoms with Gasteiger partial charge in [-0.1, -0.05) is 72.2 Å². The quantitative estimate of drug-likeness (QED) is 0.369. The van der Waals surface area contributed by atoms with Crippen LogP contribution in [0.25, 0.3) is 0 Å². The Morgan fingerprint density at radius 3 is 2.39 bits per heavy atom. The van der Waals surface area contributed by atoms with E-state index in [4.69, 9.17) is 14.4 Å². The van der Waals surface area contributed by atoms with Crippen molar-refractivity contribution < 1.29 is 19.2 Å². The minimum absolute atomic E-state index is 0.0909. The molecule has 0 saturated heterocycles. The zero-order chi connectivity index (χ0) is 20.4. The van der Waals surface area contributed by atoms with Gasteiger partial charge in [0.05, 0.1) is 12.8 Å². The Labute approximate surface area is 165 Å². The Balaban J connectivity index is 2.31. The van der Waals surface area contributed by atoms with Crippen LogP contribution in [0.4, 0.5) is 0 Å². The monoisotopic (exact) mass is 382 g/mol. The van der Waals surface area contributed by atoms with E-state index < -0.39 is 5.97 Å². The van der Waals surface area contributed by atoms with Crippen molar-refractivity contribution in [2.45, 2.75) is 33.3 Å². The molecule has 0 bridgehead atoms. The summed E-state index contributed by atoms with van der Waals surface area (Å²) in [4.78, 5) is 22.6. The summed E-state index contributed by atoms with van der Waals surface area (Å²) >= 11 is 0. The third kappa shape index (κ3) is 5.42. The summed E-state index contributed by atoms with van der Waals surface area (Å²) in [7, 11) is 2.69. The van der Waals surface area contributed by atoms with E-state index in [-0.39, 0.29) is 12.3 Å². The highest BCUT2D eigenvalue weighted by molar-refractivity contribution is 6.43. The number of aryl methyl sites for hydroxylation is 1. The number of methoxy groups -OCH3 is 1. The van der Waals surface area contributed by atoms with Crippen LogP contribution < -0.4 is 0 Å². The number of carbonyl (C=O) groups excluding carboxylic acids is 1. The van der Waals surface area contributed by atoms with E-state index in [2.05, 4.69) is 17.2 Å². The topological polar surface area (TPSA) is 69.5 Å². The lowest BCUT2D eigenvalue weighted by Crippen LogP contribution is -2.20. The molecule has 0 radical (unpaired) electrons. The summed E-state index contributed by atoms with van der Waals surface area (Å²) < 4.78 is 4.83. The van der Waals surface area contributed by atoms with E-state index in [1.54, 1.807) is 6.07 Å². The van der Waals surface area contributed by atoms with Crippen LogP contribution in [0.15, 0.2) is 58.8 Å². The van der Waals surface area contributed by atoms with E-state index in [1.807, 2.05) is 49.4 Å². The Morgan fingerprint density at radius 2 is 1.75 bits per heavy atom. The van der Waals surface area contributed by atoms with Gasteiger partial charge in [-0.15, -0.1) is 0 Å². The van der Waals surface area contributed by atoms with Crippen LogP contribution >= 0.6 is 0 Å². The van der Waals surface area contributed by atoms with Crippen molar-refractivity contribution >= 4 is 17.4 Å². The van der Waals surface area contributed by atoms with Crippen molar-refractivity contribution in [3.8, 4) is 0 Å². The normalized spacial score (nSPS) is 11.9. The molecule has 0 aliphatic heterocycles. The van der Waals surface area contributed by atoms with Gasteiger partial charge >= 0.3 is 5.97 Å². The first-order valence-electron chi connectivity index (χ1n) is 9.14. The van der Waals surface area contributed by atoms with Crippen LogP contribution in [0.1, 0.15) is 42.0 Å². The number of oxime groups is 2. The zero-order valence-electron chi connectivity index (χ0n) is 16.8. The molecule has 28 heavy (non-hydrogen) atoms. The summed E-state index contributed by atoms with van der Waals surface area (Å²) in [6.45, 7) is 4.24. The Kier molecular flexibility index (Phi) is 8.21. The molecule has 0 amide bonds. The molecule has 0 fully saturated rings. The fraction of sp³-hybridized carbons (Fsp3) is 0.318. The maximum absolute atomic E-state index is 12.1. The number of hydrogen-bond donors (Lipinski definition) is 0. The van der Waals surface area contributed by atoms with E-state index in [0.29, 0.717) is 5.56 Å². The maximum Gasteiger partial charge on any atom is 0.360 e. The highest BCUT2D eigenvalue weighted by atomic mass is 16.6. The summed E-state index contributed by atoms with van der Waals surface area (Å²) in [5, 5.41) is 8.20. The first-order chi connectivity index (χ1) is 13.6. The average Bonchev–Trinajstić information content (AvgIpc) is 2.72. The van der Waals surface area contributed by atoms with Crippen molar-refractivity contribution in [3.63, 3.8) is 0 Å². The molecule has 0 aromatic heterocycles. The molecular weight excluding hydrogens is 356 g/mol. The first kappa shape index (κ1) is 21.2. The van der Waals surface area contributed by atoms with Crippen LogP contribution in [0.5, 0.6) is 0 Å². The average molecular weight is 382 g/mol. The summed E-state index contributed by atoms with van der Waals surface area (Å²) in [5.41, 5.74) is 4.37. The molecule has 0 saturated carbocycles. The number of benzene rings is 2. The number of ether oxygens (including phenoxy) is 1. The molecule has 6 nitrogen and oxygen atoms in total. The van der Waals surface area contributed by atoms with Gasteiger partial charge in [-0.05, 0) is 24.5 Å². The van der Waals surface area contributed by atoms with Crippen LogP contribution in [-0.2, 0) is 25.8 Å². The highest BCUT2D eigenvalue weighted by Crippen LogP contribution is 2.18. The Hall–Kier alpha value is -3.15. The molecule has 0 aliphatic rings. The van der Waals surface area contributed by atoms with Crippen LogP contribution in [-0.4, -0.2) is 31.6 Å². The fourth-order valence-electron chi connectivity index (χ4n) is 2.78. The van der Waals surface area contributed by atoms with Gasteiger partial charge in [0.1, 0.15) is 13.7 Å². The van der Waals surface area contributed by atoms with Gasteiger partial charge in [0, 0.05) is 11.1 Å². The Morgan fingerprint density at radius 1 is 1.00 bits per heavy atom. The molecule has 2 aromatic rings. The van der Waals surface area contributed by atoms with Gasteiger partial charge in [-0.25, -0.2) is 4.79 Å². The lowest BCUT2D eigenvalue weighted by Gasteiger charge is -2.13. The zero-order valence-corrected chi connectivity index (χ0v) is 16.8. The number of hydrogen-bond acceptors (Lipinski definition) is 6. The van der Waals surface area contributed by atoms with Gasteiger partial charge in [-0.2, -0.15) is 0 Å². The van der Waals surface area contributed by atoms with Crippen LogP contribution in [0.2, 0.25) is 0 Å². The summed E-state index contributed by atoms with van der Waals surface area (Å²) in [5.74, 6) is -0.576. The lowest BCUT2D eigenvalue weighted by atomic mass is 9.99. The molecule has 148 valence electrons. The van der Waals surface area contributed by atoms with Crippen molar-refractivity contribution in [1.82, 2.24) is 0 Å². The van der Waals surface area contributed by atoms with Gasteiger partial charge in [0.2, 0.25) is 0 Å². The first-order valence-corrected chi connectivity index (χ1v) is 9.14. The van der Waals surface area contributed by atoms with Crippen molar-refractivity contribution in [3.05, 3.63) is 70.8 Å². The predicted molar refractivity (Wildman–Crippen MR) is 109 cm³/mol.